The maximum Gasteiger partial charge on any atom is 0.321 e. The van der Waals surface area contributed by atoms with Crippen molar-refractivity contribution in [2.75, 3.05) is 0 Å². The summed E-state index contributed by atoms with van der Waals surface area (Å²) in [6.45, 7) is 4.35. The summed E-state index contributed by atoms with van der Waals surface area (Å²) in [7, 11) is 1.91. The number of aryl methyl sites for hydroxylation is 2. The van der Waals surface area contributed by atoms with Crippen LogP contribution in [0, 0.1) is 0 Å². The number of carbonyl (C=O) groups excluding carboxylic acids is 2. The molecule has 0 fully saturated rings. The molecule has 1 aromatic heterocycles. The Bertz CT molecular complexity index is 470. The molecule has 0 aliphatic rings. The molecule has 0 aromatic carbocycles. The first-order valence-electron chi connectivity index (χ1n) is 8.82. The van der Waals surface area contributed by atoms with Crippen LogP contribution < -0.4 is 9.67 Å². The molecule has 0 aliphatic carbocycles. The number of carboxylic acid groups (broad SMARTS) is 1. The number of aromatic nitrogens is 2. The number of hydrogen-bond acceptors (Lipinski definition) is 4. The summed E-state index contributed by atoms with van der Waals surface area (Å²) in [5, 5.41) is 17.3. The Kier molecular flexibility index (Phi) is 12.8. The van der Waals surface area contributed by atoms with Gasteiger partial charge in [0.15, 0.2) is 0 Å². The van der Waals surface area contributed by atoms with Crippen molar-refractivity contribution in [3.05, 3.63) is 18.2 Å². The highest BCUT2D eigenvalue weighted by molar-refractivity contribution is 5.68. The maximum atomic E-state index is 10.9. The van der Waals surface area contributed by atoms with E-state index in [4.69, 9.17) is 5.11 Å². The van der Waals surface area contributed by atoms with Gasteiger partial charge in [0.1, 0.15) is 12.4 Å². The Morgan fingerprint density at radius 1 is 1.25 bits per heavy atom. The predicted octanol–water partition coefficient (Wildman–Crippen LogP) is 1.38. The summed E-state index contributed by atoms with van der Waals surface area (Å²) >= 11 is 0. The van der Waals surface area contributed by atoms with Crippen LogP contribution in [-0.4, -0.2) is 28.0 Å². The SMILES string of the molecule is CC(O)C(=O)[O-].CCCCCCCCCCn1cc[n+](C)c1C=O. The highest BCUT2D eigenvalue weighted by Crippen LogP contribution is 2.09. The molecule has 0 spiro atoms. The lowest BCUT2D eigenvalue weighted by Crippen LogP contribution is -2.32. The van der Waals surface area contributed by atoms with Crippen LogP contribution in [-0.2, 0) is 18.4 Å². The number of carboxylic acids is 1. The lowest BCUT2D eigenvalue weighted by molar-refractivity contribution is -0.672. The Hall–Kier alpha value is -1.69. The number of aliphatic carboxylic acids is 1. The maximum absolute atomic E-state index is 10.9. The second-order valence-corrected chi connectivity index (χ2v) is 6.05. The van der Waals surface area contributed by atoms with Gasteiger partial charge in [-0.25, -0.2) is 9.13 Å². The van der Waals surface area contributed by atoms with Crippen molar-refractivity contribution in [1.29, 1.82) is 0 Å². The zero-order valence-electron chi connectivity index (χ0n) is 15.2. The van der Waals surface area contributed by atoms with Crippen molar-refractivity contribution in [2.45, 2.75) is 77.9 Å². The Labute approximate surface area is 145 Å². The van der Waals surface area contributed by atoms with Gasteiger partial charge in [-0.1, -0.05) is 45.4 Å². The molecule has 0 saturated carbocycles. The van der Waals surface area contributed by atoms with Crippen molar-refractivity contribution in [2.24, 2.45) is 7.05 Å². The number of carbonyl (C=O) groups is 2. The fourth-order valence-corrected chi connectivity index (χ4v) is 2.29. The number of nitrogens with zero attached hydrogens (tertiary/aromatic N) is 2. The fraction of sp³-hybridized carbons (Fsp3) is 0.722. The van der Waals surface area contributed by atoms with Gasteiger partial charge in [-0.2, -0.15) is 0 Å². The lowest BCUT2D eigenvalue weighted by atomic mass is 10.1. The topological polar surface area (TPSA) is 86.2 Å². The molecule has 0 saturated heterocycles. The molecule has 24 heavy (non-hydrogen) atoms. The standard InChI is InChI=1S/C15H27N2O.C3H6O3/c1-3-4-5-6-7-8-9-10-11-17-13-12-16(2)15(17)14-18;1-2(4)3(5)6/h12-14H,3-11H2,1-2H3;2,4H,1H3,(H,5,6)/q+1;/p-1. The number of rotatable bonds is 11. The summed E-state index contributed by atoms with van der Waals surface area (Å²) in [5.41, 5.74) is 0. The first-order valence-corrected chi connectivity index (χ1v) is 8.82. The molecule has 0 radical (unpaired) electrons. The molecule has 1 aromatic rings. The zero-order valence-corrected chi connectivity index (χ0v) is 15.2. The van der Waals surface area contributed by atoms with Crippen molar-refractivity contribution in [3.63, 3.8) is 0 Å². The molecule has 1 rings (SSSR count). The van der Waals surface area contributed by atoms with Gasteiger partial charge in [0.05, 0.1) is 25.7 Å². The fourth-order valence-electron chi connectivity index (χ4n) is 2.29. The summed E-state index contributed by atoms with van der Waals surface area (Å²) in [5.74, 6) is -0.673. The summed E-state index contributed by atoms with van der Waals surface area (Å²) in [6.07, 6.45) is 14.1. The molecule has 138 valence electrons. The highest BCUT2D eigenvalue weighted by atomic mass is 16.4. The monoisotopic (exact) mass is 340 g/mol. The highest BCUT2D eigenvalue weighted by Gasteiger charge is 2.11. The van der Waals surface area contributed by atoms with E-state index < -0.39 is 12.1 Å². The zero-order chi connectivity index (χ0) is 18.4. The van der Waals surface area contributed by atoms with E-state index in [1.54, 1.807) is 0 Å². The van der Waals surface area contributed by atoms with Crippen LogP contribution in [0.2, 0.25) is 0 Å². The summed E-state index contributed by atoms with van der Waals surface area (Å²) < 4.78 is 3.92. The van der Waals surface area contributed by atoms with Gasteiger partial charge in [0.2, 0.25) is 6.29 Å². The van der Waals surface area contributed by atoms with Crippen LogP contribution >= 0.6 is 0 Å². The molecule has 6 heteroatoms. The van der Waals surface area contributed by atoms with Crippen LogP contribution in [0.15, 0.2) is 12.4 Å². The minimum Gasteiger partial charge on any atom is -0.547 e. The summed E-state index contributed by atoms with van der Waals surface area (Å²) in [6, 6.07) is 0. The number of imidazole rings is 1. The largest absolute Gasteiger partial charge is 0.547 e. The van der Waals surface area contributed by atoms with Crippen molar-refractivity contribution in [1.82, 2.24) is 4.57 Å². The first-order chi connectivity index (χ1) is 11.4. The number of hydrogen-bond donors (Lipinski definition) is 1. The molecule has 1 N–H and O–H groups in total. The molecule has 0 bridgehead atoms. The lowest BCUT2D eigenvalue weighted by Gasteiger charge is -2.01. The number of aliphatic hydroxyl groups is 1. The minimum atomic E-state index is -1.44. The second kappa shape index (κ2) is 13.7. The third-order valence-electron chi connectivity index (χ3n) is 3.82. The Morgan fingerprint density at radius 3 is 2.21 bits per heavy atom. The Morgan fingerprint density at radius 2 is 1.75 bits per heavy atom. The smallest absolute Gasteiger partial charge is 0.321 e. The van der Waals surface area contributed by atoms with Crippen molar-refractivity contribution in [3.8, 4) is 0 Å². The van der Waals surface area contributed by atoms with Gasteiger partial charge in [0, 0.05) is 0 Å². The van der Waals surface area contributed by atoms with E-state index in [1.165, 1.54) is 51.4 Å². The van der Waals surface area contributed by atoms with E-state index in [0.717, 1.165) is 25.6 Å². The van der Waals surface area contributed by atoms with E-state index in [1.807, 2.05) is 28.6 Å². The molecule has 1 heterocycles. The van der Waals surface area contributed by atoms with E-state index in [2.05, 4.69) is 6.92 Å². The second-order valence-electron chi connectivity index (χ2n) is 6.05. The van der Waals surface area contributed by atoms with Crippen molar-refractivity contribution < 1.29 is 24.4 Å². The first kappa shape index (κ1) is 22.3. The van der Waals surface area contributed by atoms with Gasteiger partial charge >= 0.3 is 5.82 Å². The quantitative estimate of drug-likeness (QED) is 0.375. The van der Waals surface area contributed by atoms with Gasteiger partial charge in [-0.15, -0.1) is 0 Å². The predicted molar refractivity (Wildman–Crippen MR) is 90.3 cm³/mol. The average Bonchev–Trinajstić information content (AvgIpc) is 2.90. The van der Waals surface area contributed by atoms with Gasteiger partial charge < -0.3 is 15.0 Å². The molecule has 1 unspecified atom stereocenters. The number of aldehydes is 1. The van der Waals surface area contributed by atoms with Crippen LogP contribution in [0.5, 0.6) is 0 Å². The average molecular weight is 340 g/mol. The molecule has 1 atom stereocenters. The molecule has 0 aliphatic heterocycles. The van der Waals surface area contributed by atoms with Gasteiger partial charge in [-0.3, -0.25) is 4.79 Å². The third-order valence-corrected chi connectivity index (χ3v) is 3.82. The molecular formula is C18H32N2O4. The normalized spacial score (nSPS) is 11.5. The van der Waals surface area contributed by atoms with E-state index in [-0.39, 0.29) is 0 Å². The van der Waals surface area contributed by atoms with Gasteiger partial charge in [0.25, 0.3) is 0 Å². The van der Waals surface area contributed by atoms with Crippen LogP contribution in [0.3, 0.4) is 0 Å². The van der Waals surface area contributed by atoms with Crippen LogP contribution in [0.4, 0.5) is 0 Å². The molecule has 0 amide bonds. The number of aliphatic hydroxyl groups excluding tert-OH is 1. The van der Waals surface area contributed by atoms with Crippen LogP contribution in [0.1, 0.15) is 75.8 Å². The molecule has 6 nitrogen and oxygen atoms in total. The van der Waals surface area contributed by atoms with Gasteiger partial charge in [-0.05, 0) is 19.8 Å². The summed E-state index contributed by atoms with van der Waals surface area (Å²) in [4.78, 5) is 20.2. The van der Waals surface area contributed by atoms with Crippen molar-refractivity contribution >= 4 is 12.3 Å². The Balaban J connectivity index is 0.000000754. The third kappa shape index (κ3) is 10.2. The van der Waals surface area contributed by atoms with E-state index in [9.17, 15) is 14.7 Å². The number of unbranched alkanes of at least 4 members (excludes halogenated alkanes) is 7. The minimum absolute atomic E-state index is 0.762. The van der Waals surface area contributed by atoms with E-state index in [0.29, 0.717) is 0 Å². The van der Waals surface area contributed by atoms with E-state index >= 15 is 0 Å². The molecular weight excluding hydrogens is 308 g/mol. The van der Waals surface area contributed by atoms with Crippen LogP contribution in [0.25, 0.3) is 0 Å².